The van der Waals surface area contributed by atoms with Crippen molar-refractivity contribution in [1.82, 2.24) is 5.32 Å². The van der Waals surface area contributed by atoms with E-state index in [1.165, 1.54) is 17.7 Å². The summed E-state index contributed by atoms with van der Waals surface area (Å²) in [5.41, 5.74) is 2.23. The largest absolute Gasteiger partial charge is 0.348 e. The van der Waals surface area contributed by atoms with Gasteiger partial charge in [-0.15, -0.1) is 0 Å². The van der Waals surface area contributed by atoms with Crippen molar-refractivity contribution in [1.29, 1.82) is 0 Å². The first-order chi connectivity index (χ1) is 13.3. The van der Waals surface area contributed by atoms with Gasteiger partial charge in [0, 0.05) is 0 Å². The van der Waals surface area contributed by atoms with Gasteiger partial charge in [0.1, 0.15) is 12.4 Å². The van der Waals surface area contributed by atoms with Crippen molar-refractivity contribution >= 4 is 33.2 Å². The highest BCUT2D eigenvalue weighted by molar-refractivity contribution is 7.92. The summed E-state index contributed by atoms with van der Waals surface area (Å²) in [4.78, 5) is 12.5. The predicted molar refractivity (Wildman–Crippen MR) is 115 cm³/mol. The van der Waals surface area contributed by atoms with E-state index in [-0.39, 0.29) is 22.2 Å². The fourth-order valence-electron chi connectivity index (χ4n) is 2.81. The van der Waals surface area contributed by atoms with Crippen LogP contribution in [0.25, 0.3) is 0 Å². The first-order valence-corrected chi connectivity index (χ1v) is 11.3. The summed E-state index contributed by atoms with van der Waals surface area (Å²) < 4.78 is 38.6. The molecule has 0 aromatic heterocycles. The molecule has 0 saturated heterocycles. The average Bonchev–Trinajstić information content (AvgIpc) is 2.60. The summed E-state index contributed by atoms with van der Waals surface area (Å²) in [6.07, 6.45) is 0.978. The number of nitrogens with zero attached hydrogens (tertiary/aromatic N) is 1. The van der Waals surface area contributed by atoms with Crippen LogP contribution in [0.2, 0.25) is 5.02 Å². The zero-order valence-corrected chi connectivity index (χ0v) is 18.7. The summed E-state index contributed by atoms with van der Waals surface area (Å²) in [5.74, 6) is -1.15. The van der Waals surface area contributed by atoms with Gasteiger partial charge in [-0.25, -0.2) is 12.8 Å². The number of nitrogens with one attached hydrogen (secondary N) is 1. The van der Waals surface area contributed by atoms with Gasteiger partial charge in [0.2, 0.25) is 15.9 Å². The molecule has 2 rings (SSSR count). The molecular formula is C21H26ClFN2O3S. The van der Waals surface area contributed by atoms with Gasteiger partial charge >= 0.3 is 0 Å². The van der Waals surface area contributed by atoms with E-state index >= 15 is 0 Å². The number of amides is 1. The Morgan fingerprint density at radius 1 is 1.17 bits per heavy atom. The number of carbonyl (C=O) groups is 1. The molecule has 0 radical (unpaired) electrons. The molecule has 0 spiro atoms. The van der Waals surface area contributed by atoms with E-state index in [0.717, 1.165) is 22.2 Å². The topological polar surface area (TPSA) is 66.5 Å². The van der Waals surface area contributed by atoms with Crippen LogP contribution in [0.3, 0.4) is 0 Å². The number of anilines is 1. The second kappa shape index (κ2) is 8.71. The number of hydrogen-bond acceptors (Lipinski definition) is 3. The monoisotopic (exact) mass is 440 g/mol. The third kappa shape index (κ3) is 6.18. The molecule has 8 heteroatoms. The molecule has 0 aliphatic carbocycles. The minimum absolute atomic E-state index is 0.0252. The first kappa shape index (κ1) is 23.2. The molecule has 0 saturated carbocycles. The molecule has 0 heterocycles. The Morgan fingerprint density at radius 2 is 1.76 bits per heavy atom. The van der Waals surface area contributed by atoms with Gasteiger partial charge < -0.3 is 5.32 Å². The molecule has 1 atom stereocenters. The lowest BCUT2D eigenvalue weighted by molar-refractivity contribution is -0.120. The Balaban J connectivity index is 2.14. The SMILES string of the molecule is CC(NC(=O)CN(c1ccc(F)c(Cl)c1)S(C)(=O)=O)c1ccc(C(C)(C)C)cc1. The summed E-state index contributed by atoms with van der Waals surface area (Å²) in [6.45, 7) is 7.74. The Bertz CT molecular complexity index is 986. The summed E-state index contributed by atoms with van der Waals surface area (Å²) in [7, 11) is -3.77. The molecule has 5 nitrogen and oxygen atoms in total. The van der Waals surface area contributed by atoms with Gasteiger partial charge in [0.25, 0.3) is 0 Å². The average molecular weight is 441 g/mol. The number of halogens is 2. The van der Waals surface area contributed by atoms with Gasteiger partial charge in [-0.1, -0.05) is 56.6 Å². The highest BCUT2D eigenvalue weighted by atomic mass is 35.5. The summed E-state index contributed by atoms with van der Waals surface area (Å²) in [6, 6.07) is 11.1. The Kier molecular flexibility index (Phi) is 6.96. The van der Waals surface area contributed by atoms with Crippen molar-refractivity contribution in [3.63, 3.8) is 0 Å². The second-order valence-electron chi connectivity index (χ2n) is 8.03. The van der Waals surface area contributed by atoms with Crippen molar-refractivity contribution in [2.24, 2.45) is 0 Å². The highest BCUT2D eigenvalue weighted by Gasteiger charge is 2.23. The fraction of sp³-hybridized carbons (Fsp3) is 0.381. The van der Waals surface area contributed by atoms with Gasteiger partial charge in [-0.3, -0.25) is 9.10 Å². The van der Waals surface area contributed by atoms with Crippen LogP contribution in [-0.4, -0.2) is 27.1 Å². The van der Waals surface area contributed by atoms with Crippen molar-refractivity contribution in [2.45, 2.75) is 39.2 Å². The molecule has 0 aliphatic heterocycles. The lowest BCUT2D eigenvalue weighted by atomic mass is 9.86. The highest BCUT2D eigenvalue weighted by Crippen LogP contribution is 2.25. The zero-order chi connectivity index (χ0) is 22.0. The molecule has 2 aromatic carbocycles. The summed E-state index contributed by atoms with van der Waals surface area (Å²) in [5, 5.41) is 2.58. The molecule has 29 heavy (non-hydrogen) atoms. The zero-order valence-electron chi connectivity index (χ0n) is 17.2. The molecule has 158 valence electrons. The van der Waals surface area contributed by atoms with Gasteiger partial charge in [-0.2, -0.15) is 0 Å². The standard InChI is InChI=1S/C21H26ClFN2O3S/c1-14(15-6-8-16(9-7-15)21(2,3)4)24-20(26)13-25(29(5,27)28)17-10-11-19(23)18(22)12-17/h6-12,14H,13H2,1-5H3,(H,24,26). The number of rotatable bonds is 6. The molecule has 0 fully saturated rings. The maximum absolute atomic E-state index is 13.4. The molecule has 1 amide bonds. The Morgan fingerprint density at radius 3 is 2.24 bits per heavy atom. The molecule has 0 aliphatic rings. The minimum Gasteiger partial charge on any atom is -0.348 e. The van der Waals surface area contributed by atoms with Crippen LogP contribution in [0.1, 0.15) is 44.9 Å². The minimum atomic E-state index is -3.77. The van der Waals surface area contributed by atoms with E-state index in [2.05, 4.69) is 26.1 Å². The molecule has 2 aromatic rings. The van der Waals surface area contributed by atoms with E-state index < -0.39 is 28.3 Å². The van der Waals surface area contributed by atoms with Gasteiger partial charge in [0.15, 0.2) is 0 Å². The second-order valence-corrected chi connectivity index (χ2v) is 10.3. The van der Waals surface area contributed by atoms with Crippen LogP contribution in [-0.2, 0) is 20.2 Å². The fourth-order valence-corrected chi connectivity index (χ4v) is 3.84. The number of hydrogen-bond donors (Lipinski definition) is 1. The van der Waals surface area contributed by atoms with Crippen LogP contribution in [0.15, 0.2) is 42.5 Å². The molecule has 0 bridgehead atoms. The quantitative estimate of drug-likeness (QED) is 0.723. The Labute approximate surface area is 176 Å². The molecular weight excluding hydrogens is 415 g/mol. The van der Waals surface area contributed by atoms with Crippen LogP contribution >= 0.6 is 11.6 Å². The van der Waals surface area contributed by atoms with Gasteiger partial charge in [-0.05, 0) is 41.7 Å². The van der Waals surface area contributed by atoms with Crippen LogP contribution in [0.4, 0.5) is 10.1 Å². The maximum atomic E-state index is 13.4. The van der Waals surface area contributed by atoms with Crippen molar-refractivity contribution in [2.75, 3.05) is 17.1 Å². The van der Waals surface area contributed by atoms with Crippen LogP contribution in [0.5, 0.6) is 0 Å². The smallest absolute Gasteiger partial charge is 0.241 e. The number of carbonyl (C=O) groups excluding carboxylic acids is 1. The van der Waals surface area contributed by atoms with Crippen LogP contribution in [0, 0.1) is 5.82 Å². The third-order valence-electron chi connectivity index (χ3n) is 4.53. The predicted octanol–water partition coefficient (Wildman–Crippen LogP) is 4.42. The van der Waals surface area contributed by atoms with Crippen molar-refractivity contribution in [3.05, 3.63) is 64.4 Å². The lowest BCUT2D eigenvalue weighted by Gasteiger charge is -2.24. The first-order valence-electron chi connectivity index (χ1n) is 9.11. The molecule has 1 N–H and O–H groups in total. The van der Waals surface area contributed by atoms with E-state index in [1.54, 1.807) is 0 Å². The van der Waals surface area contributed by atoms with E-state index in [0.29, 0.717) is 0 Å². The maximum Gasteiger partial charge on any atom is 0.241 e. The number of benzene rings is 2. The van der Waals surface area contributed by atoms with Crippen LogP contribution < -0.4 is 9.62 Å². The van der Waals surface area contributed by atoms with E-state index in [1.807, 2.05) is 31.2 Å². The van der Waals surface area contributed by atoms with E-state index in [4.69, 9.17) is 11.6 Å². The Hall–Kier alpha value is -2.12. The summed E-state index contributed by atoms with van der Waals surface area (Å²) >= 11 is 5.76. The molecule has 1 unspecified atom stereocenters. The van der Waals surface area contributed by atoms with Gasteiger partial charge in [0.05, 0.1) is 23.0 Å². The third-order valence-corrected chi connectivity index (χ3v) is 5.96. The van der Waals surface area contributed by atoms with Crippen molar-refractivity contribution < 1.29 is 17.6 Å². The number of sulfonamides is 1. The lowest BCUT2D eigenvalue weighted by Crippen LogP contribution is -2.41. The van der Waals surface area contributed by atoms with E-state index in [9.17, 15) is 17.6 Å². The van der Waals surface area contributed by atoms with Crippen molar-refractivity contribution in [3.8, 4) is 0 Å². The normalized spacial score (nSPS) is 13.1.